The summed E-state index contributed by atoms with van der Waals surface area (Å²) < 4.78 is 16.1. The first-order chi connectivity index (χ1) is 14.2. The van der Waals surface area contributed by atoms with E-state index < -0.39 is 48.1 Å². The number of phenols is 3. The van der Waals surface area contributed by atoms with Crippen LogP contribution in [0.1, 0.15) is 0 Å². The average molecular weight is 418 g/mol. The van der Waals surface area contributed by atoms with Crippen molar-refractivity contribution in [2.24, 2.45) is 0 Å². The van der Waals surface area contributed by atoms with Crippen molar-refractivity contribution in [3.05, 3.63) is 46.6 Å². The van der Waals surface area contributed by atoms with Crippen LogP contribution in [0.4, 0.5) is 0 Å². The molecule has 0 spiro atoms. The van der Waals surface area contributed by atoms with Gasteiger partial charge in [0, 0.05) is 17.7 Å². The Bertz CT molecular complexity index is 1150. The Morgan fingerprint density at radius 3 is 2.43 bits per heavy atom. The summed E-state index contributed by atoms with van der Waals surface area (Å²) in [6.45, 7) is -1.20. The van der Waals surface area contributed by atoms with E-state index in [0.29, 0.717) is 5.56 Å². The van der Waals surface area contributed by atoms with E-state index in [2.05, 4.69) is 0 Å². The third kappa shape index (κ3) is 3.21. The van der Waals surface area contributed by atoms with E-state index in [0.717, 1.165) is 12.1 Å². The van der Waals surface area contributed by atoms with Gasteiger partial charge in [0.1, 0.15) is 34.2 Å². The zero-order valence-electron chi connectivity index (χ0n) is 15.3. The maximum Gasteiger partial charge on any atom is 0.229 e. The molecule has 6 N–H and O–H groups in total. The Kier molecular flexibility index (Phi) is 4.79. The van der Waals surface area contributed by atoms with Crippen LogP contribution in [0.3, 0.4) is 0 Å². The monoisotopic (exact) mass is 418 g/mol. The zero-order chi connectivity index (χ0) is 21.6. The first-order valence-corrected chi connectivity index (χ1v) is 8.85. The van der Waals surface area contributed by atoms with Crippen molar-refractivity contribution >= 4 is 11.0 Å². The second kappa shape index (κ2) is 7.18. The van der Waals surface area contributed by atoms with Gasteiger partial charge in [-0.2, -0.15) is 0 Å². The molecule has 0 radical (unpaired) electrons. The van der Waals surface area contributed by atoms with Crippen LogP contribution in [0.5, 0.6) is 23.0 Å². The average Bonchev–Trinajstić information content (AvgIpc) is 3.01. The molecule has 4 rings (SSSR count). The lowest BCUT2D eigenvalue weighted by molar-refractivity contribution is -0.116. The fourth-order valence-electron chi connectivity index (χ4n) is 3.15. The minimum atomic E-state index is -1.95. The molecule has 3 aromatic rings. The number of aliphatic hydroxyl groups is 3. The fraction of sp³-hybridized carbons (Fsp3) is 0.250. The van der Waals surface area contributed by atoms with Gasteiger partial charge < -0.3 is 44.5 Å². The Hall–Kier alpha value is -3.31. The van der Waals surface area contributed by atoms with E-state index in [9.17, 15) is 35.4 Å². The van der Waals surface area contributed by atoms with Crippen LogP contribution in [0, 0.1) is 0 Å². The number of fused-ring (bicyclic) bond motifs is 1. The highest BCUT2D eigenvalue weighted by molar-refractivity contribution is 5.89. The molecular weight excluding hydrogens is 400 g/mol. The maximum absolute atomic E-state index is 12.5. The number of hydrogen-bond donors (Lipinski definition) is 6. The quantitative estimate of drug-likeness (QED) is 0.326. The standard InChI is InChI=1S/C20H18O10/c21-7-20(27)8-28-19(18(20)26)30-14-6-13-15(17(25)16(14)24)11(23)5-12(29-13)9-1-3-10(22)4-2-9/h1-6,18-19,21-22,24-27H,7-8H2. The van der Waals surface area contributed by atoms with Gasteiger partial charge in [0.15, 0.2) is 16.9 Å². The van der Waals surface area contributed by atoms with Crippen molar-refractivity contribution < 1.29 is 44.5 Å². The molecule has 0 amide bonds. The topological polar surface area (TPSA) is 170 Å². The summed E-state index contributed by atoms with van der Waals surface area (Å²) >= 11 is 0. The van der Waals surface area contributed by atoms with Crippen LogP contribution in [0.2, 0.25) is 0 Å². The summed E-state index contributed by atoms with van der Waals surface area (Å²) in [6.07, 6.45) is -3.10. The predicted molar refractivity (Wildman–Crippen MR) is 101 cm³/mol. The van der Waals surface area contributed by atoms with Crippen molar-refractivity contribution in [1.82, 2.24) is 0 Å². The lowest BCUT2D eigenvalue weighted by atomic mass is 10.0. The molecule has 0 bridgehead atoms. The Balaban J connectivity index is 1.77. The highest BCUT2D eigenvalue weighted by Gasteiger charge is 2.49. The molecule has 1 fully saturated rings. The summed E-state index contributed by atoms with van der Waals surface area (Å²) in [6, 6.07) is 8.11. The summed E-state index contributed by atoms with van der Waals surface area (Å²) in [5.74, 6) is -1.80. The number of ether oxygens (including phenoxy) is 2. The van der Waals surface area contributed by atoms with Gasteiger partial charge in [-0.25, -0.2) is 0 Å². The molecule has 0 saturated carbocycles. The SMILES string of the molecule is O=c1cc(-c2ccc(O)cc2)oc2cc(OC3OCC(O)(CO)C3O)c(O)c(O)c12. The van der Waals surface area contributed by atoms with Gasteiger partial charge in [-0.05, 0) is 24.3 Å². The summed E-state index contributed by atoms with van der Waals surface area (Å²) in [4.78, 5) is 12.5. The maximum atomic E-state index is 12.5. The summed E-state index contributed by atoms with van der Waals surface area (Å²) in [7, 11) is 0. The van der Waals surface area contributed by atoms with E-state index in [1.54, 1.807) is 0 Å². The molecule has 1 aliphatic rings. The van der Waals surface area contributed by atoms with E-state index in [4.69, 9.17) is 13.9 Å². The normalized spacial score (nSPS) is 23.7. The van der Waals surface area contributed by atoms with Crippen LogP contribution < -0.4 is 10.2 Å². The molecule has 1 saturated heterocycles. The molecule has 30 heavy (non-hydrogen) atoms. The van der Waals surface area contributed by atoms with Crippen LogP contribution in [-0.4, -0.2) is 61.8 Å². The van der Waals surface area contributed by atoms with Crippen molar-refractivity contribution in [1.29, 1.82) is 0 Å². The van der Waals surface area contributed by atoms with Gasteiger partial charge in [-0.1, -0.05) is 0 Å². The molecule has 158 valence electrons. The molecule has 0 aliphatic carbocycles. The number of hydrogen-bond acceptors (Lipinski definition) is 10. The van der Waals surface area contributed by atoms with Gasteiger partial charge in [0.25, 0.3) is 0 Å². The highest BCUT2D eigenvalue weighted by atomic mass is 16.7. The minimum absolute atomic E-state index is 0.0260. The summed E-state index contributed by atoms with van der Waals surface area (Å²) in [5, 5.41) is 59.0. The van der Waals surface area contributed by atoms with Crippen molar-refractivity contribution in [2.75, 3.05) is 13.2 Å². The molecule has 1 aromatic heterocycles. The highest BCUT2D eigenvalue weighted by Crippen LogP contribution is 2.42. The molecule has 2 aromatic carbocycles. The number of benzene rings is 2. The smallest absolute Gasteiger partial charge is 0.229 e. The number of aromatic hydroxyl groups is 3. The Morgan fingerprint density at radius 2 is 1.80 bits per heavy atom. The van der Waals surface area contributed by atoms with Crippen LogP contribution in [0.25, 0.3) is 22.3 Å². The molecule has 10 nitrogen and oxygen atoms in total. The predicted octanol–water partition coefficient (Wildman–Crippen LogP) is 0.396. The second-order valence-electron chi connectivity index (χ2n) is 6.97. The van der Waals surface area contributed by atoms with E-state index in [1.165, 1.54) is 24.3 Å². The van der Waals surface area contributed by atoms with Gasteiger partial charge in [-0.3, -0.25) is 4.79 Å². The lowest BCUT2D eigenvalue weighted by Crippen LogP contribution is -2.48. The molecule has 3 unspecified atom stereocenters. The van der Waals surface area contributed by atoms with Gasteiger partial charge in [0.2, 0.25) is 12.0 Å². The van der Waals surface area contributed by atoms with E-state index >= 15 is 0 Å². The molecule has 10 heteroatoms. The molecule has 3 atom stereocenters. The van der Waals surface area contributed by atoms with Crippen molar-refractivity contribution in [2.45, 2.75) is 18.0 Å². The largest absolute Gasteiger partial charge is 0.508 e. The summed E-state index contributed by atoms with van der Waals surface area (Å²) in [5.41, 5.74) is -2.23. The van der Waals surface area contributed by atoms with Crippen molar-refractivity contribution in [3.8, 4) is 34.3 Å². The van der Waals surface area contributed by atoms with Gasteiger partial charge in [-0.15, -0.1) is 0 Å². The van der Waals surface area contributed by atoms with Crippen LogP contribution in [-0.2, 0) is 4.74 Å². The van der Waals surface area contributed by atoms with Gasteiger partial charge >= 0.3 is 0 Å². The molecular formula is C20H18O10. The Labute approximate surface area is 168 Å². The Morgan fingerprint density at radius 1 is 1.10 bits per heavy atom. The van der Waals surface area contributed by atoms with Crippen LogP contribution >= 0.6 is 0 Å². The number of phenolic OH excluding ortho intramolecular Hbond substituents is 3. The second-order valence-corrected chi connectivity index (χ2v) is 6.97. The zero-order valence-corrected chi connectivity index (χ0v) is 15.3. The van der Waals surface area contributed by atoms with Crippen LogP contribution in [0.15, 0.2) is 45.6 Å². The van der Waals surface area contributed by atoms with Gasteiger partial charge in [0.05, 0.1) is 13.2 Å². The first kappa shape index (κ1) is 20.0. The minimum Gasteiger partial charge on any atom is -0.508 e. The molecule has 2 heterocycles. The first-order valence-electron chi connectivity index (χ1n) is 8.85. The third-order valence-electron chi connectivity index (χ3n) is 4.91. The fourth-order valence-corrected chi connectivity index (χ4v) is 3.15. The molecule has 1 aliphatic heterocycles. The number of rotatable bonds is 4. The number of aliphatic hydroxyl groups excluding tert-OH is 2. The van der Waals surface area contributed by atoms with E-state index in [1.807, 2.05) is 0 Å². The van der Waals surface area contributed by atoms with Crippen molar-refractivity contribution in [3.63, 3.8) is 0 Å². The van der Waals surface area contributed by atoms with E-state index in [-0.39, 0.29) is 28.2 Å². The lowest BCUT2D eigenvalue weighted by Gasteiger charge is -2.24. The third-order valence-corrected chi connectivity index (χ3v) is 4.91.